The van der Waals surface area contributed by atoms with Gasteiger partial charge in [-0.3, -0.25) is 4.79 Å². The zero-order valence-corrected chi connectivity index (χ0v) is 9.44. The minimum absolute atomic E-state index is 0.282. The van der Waals surface area contributed by atoms with Crippen LogP contribution in [0.1, 0.15) is 10.4 Å². The first-order valence-electron chi connectivity index (χ1n) is 5.41. The van der Waals surface area contributed by atoms with Crippen LogP contribution in [0, 0.1) is 0 Å². The molecule has 0 unspecified atom stereocenters. The van der Waals surface area contributed by atoms with E-state index in [1.54, 1.807) is 12.3 Å². The van der Waals surface area contributed by atoms with Gasteiger partial charge in [0.25, 0.3) is 5.91 Å². The van der Waals surface area contributed by atoms with Crippen molar-refractivity contribution in [2.75, 3.05) is 5.73 Å². The number of hydrogen-bond donors (Lipinski definition) is 3. The molecular formula is C13H11N3O2. The summed E-state index contributed by atoms with van der Waals surface area (Å²) in [4.78, 5) is 14.1. The second kappa shape index (κ2) is 3.66. The highest BCUT2D eigenvalue weighted by Crippen LogP contribution is 2.27. The third kappa shape index (κ3) is 1.53. The maximum atomic E-state index is 11.1. The molecule has 0 atom stereocenters. The first-order valence-corrected chi connectivity index (χ1v) is 5.41. The van der Waals surface area contributed by atoms with Gasteiger partial charge in [-0.05, 0) is 35.9 Å². The van der Waals surface area contributed by atoms with Gasteiger partial charge in [-0.15, -0.1) is 0 Å². The number of benzene rings is 1. The van der Waals surface area contributed by atoms with Gasteiger partial charge in [-0.1, -0.05) is 0 Å². The standard InChI is InChI=1S/C13H11N3O2/c14-12-9(13(15)17)6-10(16-12)7-1-2-11-8(5-7)3-4-18-11/h1-6,16H,14H2,(H2,15,17). The topological polar surface area (TPSA) is 98.0 Å². The number of carbonyl (C=O) groups is 1. The van der Waals surface area contributed by atoms with E-state index in [-0.39, 0.29) is 5.82 Å². The zero-order valence-electron chi connectivity index (χ0n) is 9.44. The van der Waals surface area contributed by atoms with Crippen LogP contribution in [0.4, 0.5) is 5.82 Å². The molecule has 0 saturated carbocycles. The zero-order chi connectivity index (χ0) is 12.7. The average molecular weight is 241 g/mol. The Balaban J connectivity index is 2.13. The molecule has 0 saturated heterocycles. The van der Waals surface area contributed by atoms with Crippen LogP contribution in [0.25, 0.3) is 22.2 Å². The normalized spacial score (nSPS) is 10.9. The van der Waals surface area contributed by atoms with Crippen LogP contribution in [-0.2, 0) is 0 Å². The van der Waals surface area contributed by atoms with Crippen molar-refractivity contribution in [1.82, 2.24) is 4.98 Å². The Morgan fingerprint density at radius 2 is 2.06 bits per heavy atom. The second-order valence-electron chi connectivity index (χ2n) is 4.05. The number of furan rings is 1. The summed E-state index contributed by atoms with van der Waals surface area (Å²) in [5, 5.41) is 0.987. The molecule has 1 amide bonds. The van der Waals surface area contributed by atoms with Gasteiger partial charge in [0.2, 0.25) is 0 Å². The maximum absolute atomic E-state index is 11.1. The van der Waals surface area contributed by atoms with Gasteiger partial charge < -0.3 is 20.9 Å². The van der Waals surface area contributed by atoms with Crippen LogP contribution in [0.5, 0.6) is 0 Å². The van der Waals surface area contributed by atoms with Gasteiger partial charge in [0, 0.05) is 11.1 Å². The number of H-pyrrole nitrogens is 1. The van der Waals surface area contributed by atoms with Crippen LogP contribution < -0.4 is 11.5 Å². The third-order valence-electron chi connectivity index (χ3n) is 2.88. The Labute approximate surface area is 102 Å². The highest BCUT2D eigenvalue weighted by molar-refractivity contribution is 5.99. The number of fused-ring (bicyclic) bond motifs is 1. The fourth-order valence-corrected chi connectivity index (χ4v) is 1.96. The van der Waals surface area contributed by atoms with E-state index in [4.69, 9.17) is 15.9 Å². The van der Waals surface area contributed by atoms with Crippen LogP contribution in [-0.4, -0.2) is 10.9 Å². The van der Waals surface area contributed by atoms with Crippen LogP contribution in [0.15, 0.2) is 41.0 Å². The highest BCUT2D eigenvalue weighted by atomic mass is 16.3. The smallest absolute Gasteiger partial charge is 0.252 e. The molecule has 3 aromatic rings. The minimum atomic E-state index is -0.542. The number of hydrogen-bond acceptors (Lipinski definition) is 3. The molecule has 0 aliphatic heterocycles. The van der Waals surface area contributed by atoms with Crippen LogP contribution in [0.2, 0.25) is 0 Å². The lowest BCUT2D eigenvalue weighted by Crippen LogP contribution is -2.11. The molecule has 2 aromatic heterocycles. The van der Waals surface area contributed by atoms with E-state index < -0.39 is 5.91 Å². The fourth-order valence-electron chi connectivity index (χ4n) is 1.96. The molecule has 0 radical (unpaired) electrons. The summed E-state index contributed by atoms with van der Waals surface area (Å²) in [6.45, 7) is 0. The van der Waals surface area contributed by atoms with Crippen molar-refractivity contribution in [3.05, 3.63) is 42.2 Å². The second-order valence-corrected chi connectivity index (χ2v) is 4.05. The summed E-state index contributed by atoms with van der Waals surface area (Å²) in [7, 11) is 0. The Hall–Kier alpha value is -2.69. The fraction of sp³-hybridized carbons (Fsp3) is 0. The predicted octanol–water partition coefficient (Wildman–Crippen LogP) is 2.11. The third-order valence-corrected chi connectivity index (χ3v) is 2.88. The van der Waals surface area contributed by atoms with E-state index in [9.17, 15) is 4.79 Å². The van der Waals surface area contributed by atoms with E-state index in [0.717, 1.165) is 22.2 Å². The summed E-state index contributed by atoms with van der Waals surface area (Å²) in [6.07, 6.45) is 1.63. The maximum Gasteiger partial charge on any atom is 0.252 e. The van der Waals surface area contributed by atoms with Crippen molar-refractivity contribution in [1.29, 1.82) is 0 Å². The van der Waals surface area contributed by atoms with Crippen molar-refractivity contribution in [2.24, 2.45) is 5.73 Å². The van der Waals surface area contributed by atoms with Crippen molar-refractivity contribution >= 4 is 22.7 Å². The van der Waals surface area contributed by atoms with Gasteiger partial charge in [0.15, 0.2) is 0 Å². The summed E-state index contributed by atoms with van der Waals surface area (Å²) < 4.78 is 5.27. The number of amides is 1. The van der Waals surface area contributed by atoms with E-state index in [1.807, 2.05) is 24.3 Å². The number of aromatic amines is 1. The first-order chi connectivity index (χ1) is 8.65. The average Bonchev–Trinajstić information content (AvgIpc) is 2.93. The number of aromatic nitrogens is 1. The van der Waals surface area contributed by atoms with E-state index in [2.05, 4.69) is 4.98 Å². The molecule has 3 rings (SSSR count). The molecule has 5 N–H and O–H groups in total. The Bertz CT molecular complexity index is 740. The molecular weight excluding hydrogens is 230 g/mol. The Morgan fingerprint density at radius 1 is 1.22 bits per heavy atom. The molecule has 90 valence electrons. The lowest BCUT2D eigenvalue weighted by molar-refractivity contribution is 0.100. The quantitative estimate of drug-likeness (QED) is 0.640. The highest BCUT2D eigenvalue weighted by Gasteiger charge is 2.11. The van der Waals surface area contributed by atoms with Gasteiger partial charge in [-0.25, -0.2) is 0 Å². The molecule has 2 heterocycles. The number of nitrogens with one attached hydrogen (secondary N) is 1. The van der Waals surface area contributed by atoms with Crippen molar-refractivity contribution in [3.63, 3.8) is 0 Å². The van der Waals surface area contributed by atoms with Gasteiger partial charge in [0.1, 0.15) is 11.4 Å². The van der Waals surface area contributed by atoms with Crippen LogP contribution >= 0.6 is 0 Å². The molecule has 5 heteroatoms. The number of nitrogen functional groups attached to an aromatic ring is 1. The Kier molecular flexibility index (Phi) is 2.13. The van der Waals surface area contributed by atoms with Crippen molar-refractivity contribution < 1.29 is 9.21 Å². The predicted molar refractivity (Wildman–Crippen MR) is 68.9 cm³/mol. The van der Waals surface area contributed by atoms with Crippen molar-refractivity contribution in [3.8, 4) is 11.3 Å². The van der Waals surface area contributed by atoms with E-state index >= 15 is 0 Å². The number of anilines is 1. The van der Waals surface area contributed by atoms with Gasteiger partial charge in [-0.2, -0.15) is 0 Å². The molecule has 18 heavy (non-hydrogen) atoms. The number of rotatable bonds is 2. The molecule has 0 fully saturated rings. The van der Waals surface area contributed by atoms with E-state index in [1.165, 1.54) is 0 Å². The molecule has 0 spiro atoms. The summed E-state index contributed by atoms with van der Waals surface area (Å²) in [5.41, 5.74) is 13.7. The van der Waals surface area contributed by atoms with Gasteiger partial charge >= 0.3 is 0 Å². The van der Waals surface area contributed by atoms with Crippen molar-refractivity contribution in [2.45, 2.75) is 0 Å². The number of primary amides is 1. The summed E-state index contributed by atoms with van der Waals surface area (Å²) >= 11 is 0. The monoisotopic (exact) mass is 241 g/mol. The molecule has 0 bridgehead atoms. The lowest BCUT2D eigenvalue weighted by atomic mass is 10.1. The molecule has 0 aliphatic rings. The first kappa shape index (κ1) is 10.5. The SMILES string of the molecule is NC(=O)c1cc(-c2ccc3occc3c2)[nH]c1N. The largest absolute Gasteiger partial charge is 0.464 e. The minimum Gasteiger partial charge on any atom is -0.464 e. The summed E-state index contributed by atoms with van der Waals surface area (Å²) in [5.74, 6) is -0.260. The molecule has 5 nitrogen and oxygen atoms in total. The molecule has 1 aromatic carbocycles. The van der Waals surface area contributed by atoms with Crippen LogP contribution in [0.3, 0.4) is 0 Å². The lowest BCUT2D eigenvalue weighted by Gasteiger charge is -1.97. The Morgan fingerprint density at radius 3 is 2.78 bits per heavy atom. The number of nitrogens with two attached hydrogens (primary N) is 2. The van der Waals surface area contributed by atoms with Gasteiger partial charge in [0.05, 0.1) is 11.8 Å². The van der Waals surface area contributed by atoms with E-state index in [0.29, 0.717) is 5.56 Å². The summed E-state index contributed by atoms with van der Waals surface area (Å²) in [6, 6.07) is 9.24. The molecule has 0 aliphatic carbocycles. The number of carbonyl (C=O) groups excluding carboxylic acids is 1.